The molecule has 0 aliphatic carbocycles. The largest absolute Gasteiger partial charge is 2.00 e. The van der Waals surface area contributed by atoms with Crippen LogP contribution in [0.5, 0.6) is 0 Å². The molecule has 4 heterocycles. The monoisotopic (exact) mass is 1520 g/mol. The number of primary sulfonamides is 1. The van der Waals surface area contributed by atoms with Gasteiger partial charge in [-0.1, -0.05) is 167 Å². The molecule has 13 rings (SSSR count). The number of thiazole rings is 2. The fourth-order valence-electron chi connectivity index (χ4n) is 10.6. The Kier molecular flexibility index (Phi) is 25.0. The SMILES string of the molecule is Cc1ccc(C2=C(c3nc4ccccc4s3)C(NC(=O)c3ccccc3C)=NC2=Nc2[n-]c(NC(=O)c3ccccc3C)c(-c3nc4ccccc4s3)c2-c2ccc(C)cc2C)c(C)c1.Cc1ccc(S(N)(=O)=O)cc1.Cc1ccc(S([NH-])(=O)=O)cc1.[CH2-]S(=O)(=O)c1ccc(C)cc1.[Zn+2].[Zn]. The van der Waals surface area contributed by atoms with Gasteiger partial charge in [0.25, 0.3) is 5.91 Å². The zero-order valence-corrected chi connectivity index (χ0v) is 66.4. The third kappa shape index (κ3) is 18.5. The maximum atomic E-state index is 14.3. The van der Waals surface area contributed by atoms with Crippen molar-refractivity contribution in [3.8, 4) is 21.7 Å². The van der Waals surface area contributed by atoms with Gasteiger partial charge in [0.05, 0.1) is 46.8 Å². The van der Waals surface area contributed by atoms with Crippen LogP contribution in [0, 0.1) is 68.6 Å². The second-order valence-corrected chi connectivity index (χ2v) is 30.2. The number of fused-ring (bicyclic) bond motifs is 2. The van der Waals surface area contributed by atoms with Crippen LogP contribution in [0.2, 0.25) is 0 Å². The van der Waals surface area contributed by atoms with E-state index in [9.17, 15) is 34.8 Å². The Morgan fingerprint density at radius 1 is 0.490 bits per heavy atom. The maximum absolute atomic E-state index is 14.3. The van der Waals surface area contributed by atoms with Gasteiger partial charge >= 0.3 is 19.5 Å². The third-order valence-electron chi connectivity index (χ3n) is 15.7. The van der Waals surface area contributed by atoms with Crippen molar-refractivity contribution in [3.05, 3.63) is 289 Å². The zero-order valence-electron chi connectivity index (χ0n) is 56.4. The Balaban J connectivity index is 0.000000295. The number of aliphatic imine (C=N–C) groups is 2. The van der Waals surface area contributed by atoms with Gasteiger partial charge in [-0.05, 0) is 162 Å². The fourth-order valence-corrected chi connectivity index (χ4v) is 14.2. The van der Waals surface area contributed by atoms with Gasteiger partial charge < -0.3 is 25.7 Å². The van der Waals surface area contributed by atoms with Crippen molar-refractivity contribution in [2.24, 2.45) is 15.1 Å². The summed E-state index contributed by atoms with van der Waals surface area (Å²) in [5.74, 6) is 0.715. The van der Waals surface area contributed by atoms with Crippen LogP contribution in [0.25, 0.3) is 58.4 Å². The van der Waals surface area contributed by atoms with Crippen LogP contribution in [-0.2, 0) is 68.8 Å². The molecule has 0 unspecified atom stereocenters. The Bertz CT molecular complexity index is 5280. The summed E-state index contributed by atoms with van der Waals surface area (Å²) in [5.41, 5.74) is 16.1. The molecule has 1 aliphatic rings. The number of carbonyl (C=O) groups excluding carboxylic acids is 2. The molecule has 24 heteroatoms. The van der Waals surface area contributed by atoms with E-state index in [0.717, 1.165) is 81.6 Å². The molecule has 5 N–H and O–H groups in total. The smallest absolute Gasteiger partial charge is 0.560 e. The molecule has 3 aromatic heterocycles. The molecule has 0 spiro atoms. The number of amides is 2. The van der Waals surface area contributed by atoms with E-state index >= 15 is 0 Å². The van der Waals surface area contributed by atoms with Gasteiger partial charge in [-0.3, -0.25) is 18.0 Å². The Labute approximate surface area is 616 Å². The molecule has 0 saturated heterocycles. The number of hydrogen-bond acceptors (Lipinski definition) is 13. The molecule has 12 aromatic rings. The molecule has 2 amide bonds. The first-order valence-electron chi connectivity index (χ1n) is 30.6. The molecular formula is C76H68N9O8S5Zn2-. The van der Waals surface area contributed by atoms with E-state index in [0.29, 0.717) is 66.7 Å². The number of nitrogens with one attached hydrogen (secondary N) is 3. The molecule has 0 atom stereocenters. The van der Waals surface area contributed by atoms with Gasteiger partial charge in [0, 0.05) is 78.6 Å². The van der Waals surface area contributed by atoms with Crippen LogP contribution < -0.4 is 20.8 Å². The van der Waals surface area contributed by atoms with Crippen LogP contribution in [0.3, 0.4) is 0 Å². The molecule has 0 radical (unpaired) electrons. The Hall–Kier alpha value is -8.92. The van der Waals surface area contributed by atoms with Gasteiger partial charge in [0.1, 0.15) is 15.9 Å². The van der Waals surface area contributed by atoms with E-state index in [1.807, 2.05) is 132 Å². The van der Waals surface area contributed by atoms with Gasteiger partial charge in [0.2, 0.25) is 15.9 Å². The number of benzene rings is 9. The second kappa shape index (κ2) is 32.6. The number of anilines is 1. The van der Waals surface area contributed by atoms with Crippen LogP contribution in [0.4, 0.5) is 11.6 Å². The van der Waals surface area contributed by atoms with Gasteiger partial charge in [-0.2, -0.15) is 0 Å². The molecule has 1 aliphatic heterocycles. The summed E-state index contributed by atoms with van der Waals surface area (Å²) in [6, 6.07) is 62.7. The van der Waals surface area contributed by atoms with Crippen molar-refractivity contribution < 1.29 is 73.8 Å². The van der Waals surface area contributed by atoms with Gasteiger partial charge in [-0.25, -0.2) is 43.2 Å². The number of hydrogen-bond donors (Lipinski definition) is 3. The predicted molar refractivity (Wildman–Crippen MR) is 397 cm³/mol. The summed E-state index contributed by atoms with van der Waals surface area (Å²) in [6.07, 6.45) is 3.04. The number of rotatable bonds is 11. The molecule has 0 fully saturated rings. The quantitative estimate of drug-likeness (QED) is 0.0809. The molecule has 0 saturated carbocycles. The van der Waals surface area contributed by atoms with Crippen LogP contribution in [-0.4, -0.2) is 58.7 Å². The zero-order chi connectivity index (χ0) is 70.4. The van der Waals surface area contributed by atoms with Crippen LogP contribution in [0.15, 0.2) is 231 Å². The van der Waals surface area contributed by atoms with Crippen LogP contribution in [0.1, 0.15) is 81.4 Å². The van der Waals surface area contributed by atoms with Crippen molar-refractivity contribution in [1.82, 2.24) is 20.3 Å². The number of carbonyl (C=O) groups is 2. The summed E-state index contributed by atoms with van der Waals surface area (Å²) < 4.78 is 66.3. The van der Waals surface area contributed by atoms with Gasteiger partial charge in [-0.15, -0.1) is 22.7 Å². The summed E-state index contributed by atoms with van der Waals surface area (Å²) in [4.78, 5) is 55.3. The van der Waals surface area contributed by atoms with Gasteiger partial charge in [0.15, 0.2) is 0 Å². The van der Waals surface area contributed by atoms with Crippen molar-refractivity contribution in [3.63, 3.8) is 0 Å². The van der Waals surface area contributed by atoms with E-state index < -0.39 is 29.9 Å². The number of sulfonamides is 2. The number of aromatic nitrogens is 3. The molecule has 0 bridgehead atoms. The predicted octanol–water partition coefficient (Wildman–Crippen LogP) is 16.7. The first kappa shape index (κ1) is 76.8. The summed E-state index contributed by atoms with van der Waals surface area (Å²) in [7, 11) is -10.6. The summed E-state index contributed by atoms with van der Waals surface area (Å²) in [5, 5.41) is 19.4. The minimum atomic E-state index is -3.77. The van der Waals surface area contributed by atoms with Crippen LogP contribution >= 0.6 is 22.7 Å². The molecular weight excluding hydrogens is 1460 g/mol. The number of amidine groups is 2. The maximum Gasteiger partial charge on any atom is 2.00 e. The number of nitrogens with two attached hydrogens (primary N) is 1. The van der Waals surface area contributed by atoms with E-state index in [1.165, 1.54) is 46.9 Å². The average molecular weight is 1530 g/mol. The van der Waals surface area contributed by atoms with Crippen molar-refractivity contribution >= 4 is 119 Å². The van der Waals surface area contributed by atoms with Crippen molar-refractivity contribution in [1.29, 1.82) is 0 Å². The fraction of sp³-hybridized carbons (Fsp3) is 0.118. The average Bonchev–Trinajstić information content (AvgIpc) is 1.59. The number of sulfone groups is 1. The van der Waals surface area contributed by atoms with E-state index in [1.54, 1.807) is 48.5 Å². The Morgan fingerprint density at radius 3 is 1.37 bits per heavy atom. The summed E-state index contributed by atoms with van der Waals surface area (Å²) in [6.45, 7) is 17.7. The minimum absolute atomic E-state index is 0. The van der Waals surface area contributed by atoms with E-state index in [2.05, 4.69) is 81.0 Å². The molecule has 9 aromatic carbocycles. The van der Waals surface area contributed by atoms with E-state index in [-0.39, 0.29) is 65.5 Å². The van der Waals surface area contributed by atoms with E-state index in [4.69, 9.17) is 35.2 Å². The number of para-hydroxylation sites is 2. The molecule has 17 nitrogen and oxygen atoms in total. The standard InChI is InChI=1S/C54H43N7O2S2.C8H9O2S.C7H9NO2S.C7H8NO2S.2Zn/c1-29-23-25-35(33(5)27-29)43-45(53-55-39-19-11-13-21-41(39)64-53)49(60-51(62)37-17-9-7-15-31(37)3)58-47(43)57-48-44(36-26-24-30(2)28-34(36)6)46(54-56-40-20-12-14-22-42(40)65-54)50(59-48)61-52(63)38-18-10-8-16-32(38)4;1-7-3-5-8(6-4-7)11(2,9)10;2*1-6-2-4-7(5-3-6)11(8,9)10;;/h7-28H,1-6H3,(H3,55,56,57,58,59,60,61,62,63);3-6H,2H2,1H3;2-5H,1H3,(H2,8,9,10);2-5H,1H3,(H-,8,9,10);;/q;-1;;-1;;+2/p-1. The second-order valence-electron chi connectivity index (χ2n) is 23.4. The summed E-state index contributed by atoms with van der Waals surface area (Å²) >= 11 is 3.06. The molecule has 500 valence electrons. The topological polar surface area (TPSA) is 275 Å². The number of aryl methyl sites for hydroxylation is 9. The number of nitrogens with zero attached hydrogens (tertiary/aromatic N) is 5. The first-order chi connectivity index (χ1) is 46.5. The first-order valence-corrected chi connectivity index (χ1v) is 36.9. The Morgan fingerprint density at radius 2 is 0.910 bits per heavy atom. The minimum Gasteiger partial charge on any atom is -0.560 e. The normalized spacial score (nSPS) is 12.4. The van der Waals surface area contributed by atoms with Crippen molar-refractivity contribution in [2.75, 3.05) is 5.32 Å². The molecule has 100 heavy (non-hydrogen) atoms. The third-order valence-corrected chi connectivity index (χ3v) is 20.6. The van der Waals surface area contributed by atoms with Crippen molar-refractivity contribution in [2.45, 2.75) is 77.0 Å².